The molecule has 0 fully saturated rings. The van der Waals surface area contributed by atoms with E-state index >= 15 is 0 Å². The number of carboxylic acid groups (broad SMARTS) is 1. The molecule has 5 aromatic rings. The van der Waals surface area contributed by atoms with Gasteiger partial charge in [0.1, 0.15) is 6.61 Å². The zero-order valence-corrected chi connectivity index (χ0v) is 24.6. The van der Waals surface area contributed by atoms with Gasteiger partial charge >= 0.3 is 12.1 Å². The third-order valence-corrected chi connectivity index (χ3v) is 7.16. The van der Waals surface area contributed by atoms with Gasteiger partial charge in [-0.2, -0.15) is 22.9 Å². The number of hydrogen-bond donors (Lipinski definition) is 1. The normalized spacial score (nSPS) is 11.7. The lowest BCUT2D eigenvalue weighted by Gasteiger charge is -2.14. The lowest BCUT2D eigenvalue weighted by atomic mass is 10.1. The zero-order valence-electron chi connectivity index (χ0n) is 23.0. The summed E-state index contributed by atoms with van der Waals surface area (Å²) in [5.41, 5.74) is 0.322. The number of halogens is 4. The average molecular weight is 666 g/mol. The van der Waals surface area contributed by atoms with E-state index in [0.717, 1.165) is 22.4 Å². The summed E-state index contributed by atoms with van der Waals surface area (Å²) in [6.45, 7) is 2.25. The maximum Gasteiger partial charge on any atom is 0.416 e. The maximum absolute atomic E-state index is 13.5. The Labute approximate surface area is 257 Å². The molecular weight excluding hydrogens is 643 g/mol. The van der Waals surface area contributed by atoms with Crippen molar-refractivity contribution in [3.05, 3.63) is 122 Å². The quantitative estimate of drug-likeness (QED) is 0.165. The van der Waals surface area contributed by atoms with Crippen molar-refractivity contribution in [2.75, 3.05) is 6.61 Å². The third-order valence-electron chi connectivity index (χ3n) is 6.47. The van der Waals surface area contributed by atoms with Crippen LogP contribution in [0.5, 0.6) is 11.5 Å². The van der Waals surface area contributed by atoms with Crippen molar-refractivity contribution in [3.8, 4) is 22.9 Å². The minimum Gasteiger partial charge on any atom is -0.490 e. The zero-order chi connectivity index (χ0) is 31.4. The second-order valence-electron chi connectivity index (χ2n) is 9.44. The van der Waals surface area contributed by atoms with Gasteiger partial charge in [-0.25, -0.2) is 9.78 Å². The van der Waals surface area contributed by atoms with Gasteiger partial charge in [0.2, 0.25) is 0 Å². The molecule has 4 aromatic carbocycles. The number of ether oxygens (including phenoxy) is 2. The molecule has 12 heteroatoms. The minimum absolute atomic E-state index is 0.0638. The Kier molecular flexibility index (Phi) is 8.81. The van der Waals surface area contributed by atoms with E-state index in [2.05, 4.69) is 26.0 Å². The fourth-order valence-electron chi connectivity index (χ4n) is 4.31. The molecule has 5 rings (SSSR count). The number of fused-ring (bicyclic) bond motifs is 1. The first-order valence-corrected chi connectivity index (χ1v) is 14.0. The molecule has 0 unspecified atom stereocenters. The maximum atomic E-state index is 13.5. The highest BCUT2D eigenvalue weighted by Crippen LogP contribution is 2.35. The SMILES string of the molecule is CCOc1cc(C=Nn2c(-c3cccc(C(F)(F)F)c3)nc3ccccc3c2=O)c(Br)cc1OCc1ccc(C(=O)O)cc1. The summed E-state index contributed by atoms with van der Waals surface area (Å²) in [7, 11) is 0. The molecule has 1 heterocycles. The van der Waals surface area contributed by atoms with E-state index in [0.29, 0.717) is 33.7 Å². The molecule has 1 N–H and O–H groups in total. The van der Waals surface area contributed by atoms with Crippen LogP contribution in [-0.2, 0) is 12.8 Å². The summed E-state index contributed by atoms with van der Waals surface area (Å²) in [5, 5.41) is 13.7. The lowest BCUT2D eigenvalue weighted by molar-refractivity contribution is -0.137. The number of aromatic nitrogens is 2. The van der Waals surface area contributed by atoms with E-state index in [-0.39, 0.29) is 28.9 Å². The Morgan fingerprint density at radius 3 is 2.43 bits per heavy atom. The molecule has 0 saturated heterocycles. The van der Waals surface area contributed by atoms with Crippen molar-refractivity contribution < 1.29 is 32.5 Å². The molecule has 0 atom stereocenters. The van der Waals surface area contributed by atoms with Crippen LogP contribution in [-0.4, -0.2) is 33.6 Å². The van der Waals surface area contributed by atoms with Gasteiger partial charge < -0.3 is 14.6 Å². The fourth-order valence-corrected chi connectivity index (χ4v) is 4.73. The first-order valence-electron chi connectivity index (χ1n) is 13.2. The molecule has 0 saturated carbocycles. The van der Waals surface area contributed by atoms with Crippen LogP contribution in [0.25, 0.3) is 22.3 Å². The highest BCUT2D eigenvalue weighted by Gasteiger charge is 2.31. The first-order chi connectivity index (χ1) is 21.0. The van der Waals surface area contributed by atoms with Crippen LogP contribution in [0.3, 0.4) is 0 Å². The number of alkyl halides is 3. The Hall–Kier alpha value is -4.97. The third kappa shape index (κ3) is 6.65. The molecule has 0 aliphatic rings. The Bertz CT molecular complexity index is 1940. The molecule has 0 spiro atoms. The molecule has 1 aromatic heterocycles. The molecule has 44 heavy (non-hydrogen) atoms. The minimum atomic E-state index is -4.59. The highest BCUT2D eigenvalue weighted by molar-refractivity contribution is 9.10. The van der Waals surface area contributed by atoms with Gasteiger partial charge in [0.25, 0.3) is 5.56 Å². The summed E-state index contributed by atoms with van der Waals surface area (Å²) in [6, 6.07) is 20.6. The van der Waals surface area contributed by atoms with Crippen molar-refractivity contribution in [2.24, 2.45) is 5.10 Å². The molecule has 0 bridgehead atoms. The van der Waals surface area contributed by atoms with Crippen LogP contribution in [0.4, 0.5) is 13.2 Å². The topological polar surface area (TPSA) is 103 Å². The van der Waals surface area contributed by atoms with E-state index in [1.807, 2.05) is 0 Å². The van der Waals surface area contributed by atoms with Gasteiger partial charge in [-0.1, -0.05) is 36.4 Å². The Balaban J connectivity index is 1.53. The van der Waals surface area contributed by atoms with E-state index in [1.165, 1.54) is 30.5 Å². The number of carbonyl (C=O) groups is 1. The molecule has 0 radical (unpaired) electrons. The number of benzene rings is 4. The van der Waals surface area contributed by atoms with Crippen LogP contribution < -0.4 is 15.0 Å². The summed E-state index contributed by atoms with van der Waals surface area (Å²) in [4.78, 5) is 29.1. The fraction of sp³-hybridized carbons (Fsp3) is 0.125. The van der Waals surface area contributed by atoms with Crippen LogP contribution in [0.1, 0.15) is 34.0 Å². The molecule has 0 aliphatic carbocycles. The average Bonchev–Trinajstić information content (AvgIpc) is 3.01. The number of carboxylic acids is 1. The van der Waals surface area contributed by atoms with Crippen molar-refractivity contribution >= 4 is 39.0 Å². The smallest absolute Gasteiger partial charge is 0.416 e. The standard InChI is InChI=1S/C32H23BrF3N3O5/c1-2-43-27-15-22(25(33)16-28(27)44-18-19-10-12-20(13-11-19)31(41)42)17-37-39-29(21-6-5-7-23(14-21)32(34,35)36)38-26-9-4-3-8-24(26)30(39)40/h3-17H,2,18H2,1H3,(H,41,42). The van der Waals surface area contributed by atoms with Crippen molar-refractivity contribution in [2.45, 2.75) is 19.7 Å². The van der Waals surface area contributed by atoms with Gasteiger partial charge in [-0.3, -0.25) is 4.79 Å². The lowest BCUT2D eigenvalue weighted by Crippen LogP contribution is -2.20. The van der Waals surface area contributed by atoms with Gasteiger partial charge in [0, 0.05) is 15.6 Å². The van der Waals surface area contributed by atoms with E-state index in [9.17, 15) is 22.8 Å². The summed E-state index contributed by atoms with van der Waals surface area (Å²) < 4.78 is 53.7. The molecule has 8 nitrogen and oxygen atoms in total. The van der Waals surface area contributed by atoms with Gasteiger partial charge in [-0.15, -0.1) is 0 Å². The van der Waals surface area contributed by atoms with Crippen molar-refractivity contribution in [1.29, 1.82) is 0 Å². The van der Waals surface area contributed by atoms with E-state index in [1.54, 1.807) is 55.5 Å². The number of hydrogen-bond acceptors (Lipinski definition) is 6. The van der Waals surface area contributed by atoms with Gasteiger partial charge in [0.15, 0.2) is 17.3 Å². The van der Waals surface area contributed by atoms with Crippen LogP contribution in [0.15, 0.2) is 99.3 Å². The van der Waals surface area contributed by atoms with E-state index < -0.39 is 23.3 Å². The second kappa shape index (κ2) is 12.7. The second-order valence-corrected chi connectivity index (χ2v) is 10.3. The summed E-state index contributed by atoms with van der Waals surface area (Å²) >= 11 is 3.49. The monoisotopic (exact) mass is 665 g/mol. The number of nitrogens with zero attached hydrogens (tertiary/aromatic N) is 3. The Morgan fingerprint density at radius 2 is 1.73 bits per heavy atom. The van der Waals surface area contributed by atoms with Crippen molar-refractivity contribution in [3.63, 3.8) is 0 Å². The van der Waals surface area contributed by atoms with Gasteiger partial charge in [0.05, 0.1) is 34.9 Å². The van der Waals surface area contributed by atoms with E-state index in [4.69, 9.17) is 14.6 Å². The molecule has 0 amide bonds. The number of aromatic carboxylic acids is 1. The van der Waals surface area contributed by atoms with Crippen LogP contribution >= 0.6 is 15.9 Å². The van der Waals surface area contributed by atoms with Crippen molar-refractivity contribution in [1.82, 2.24) is 9.66 Å². The van der Waals surface area contributed by atoms with Crippen LogP contribution in [0, 0.1) is 0 Å². The largest absolute Gasteiger partial charge is 0.490 e. The Morgan fingerprint density at radius 1 is 1.00 bits per heavy atom. The first kappa shape index (κ1) is 30.5. The number of rotatable bonds is 9. The molecular formula is C32H23BrF3N3O5. The predicted molar refractivity (Wildman–Crippen MR) is 162 cm³/mol. The summed E-state index contributed by atoms with van der Waals surface area (Å²) in [5.74, 6) is -0.319. The molecule has 224 valence electrons. The summed E-state index contributed by atoms with van der Waals surface area (Å²) in [6.07, 6.45) is -3.22. The predicted octanol–water partition coefficient (Wildman–Crippen LogP) is 7.40. The highest BCUT2D eigenvalue weighted by atomic mass is 79.9. The number of para-hydroxylation sites is 1. The molecule has 0 aliphatic heterocycles. The van der Waals surface area contributed by atoms with Crippen LogP contribution in [0.2, 0.25) is 0 Å². The van der Waals surface area contributed by atoms with Gasteiger partial charge in [-0.05, 0) is 76.9 Å².